The summed E-state index contributed by atoms with van der Waals surface area (Å²) in [6.07, 6.45) is 0.387. The van der Waals surface area contributed by atoms with Gasteiger partial charge in [-0.2, -0.15) is 8.78 Å². The topological polar surface area (TPSA) is 114 Å². The summed E-state index contributed by atoms with van der Waals surface area (Å²) in [6.45, 7) is 0.504. The van der Waals surface area contributed by atoms with Crippen LogP contribution in [0.25, 0.3) is 10.2 Å². The van der Waals surface area contributed by atoms with E-state index >= 15 is 8.78 Å². The fourth-order valence-electron chi connectivity index (χ4n) is 4.52. The number of amides is 1. The molecular weight excluding hydrogens is 508 g/mol. The summed E-state index contributed by atoms with van der Waals surface area (Å²) >= 11 is 0.963. The molecule has 1 fully saturated rings. The molecule has 1 aliphatic heterocycles. The van der Waals surface area contributed by atoms with E-state index in [-0.39, 0.29) is 65.6 Å². The molecule has 3 aromatic rings. The van der Waals surface area contributed by atoms with E-state index in [1.165, 1.54) is 40.8 Å². The molecule has 0 atom stereocenters. The number of hydrogen-bond acceptors (Lipinski definition) is 7. The molecule has 0 aliphatic carbocycles. The van der Waals surface area contributed by atoms with E-state index in [2.05, 4.69) is 0 Å². The lowest BCUT2D eigenvalue weighted by Crippen LogP contribution is -2.48. The minimum atomic E-state index is -3.49. The Morgan fingerprint density at radius 3 is 2.41 bits per heavy atom. The van der Waals surface area contributed by atoms with Crippen molar-refractivity contribution in [2.45, 2.75) is 44.4 Å². The van der Waals surface area contributed by atoms with Gasteiger partial charge in [-0.3, -0.25) is 18.7 Å². The Morgan fingerprint density at radius 1 is 1.16 bits per heavy atom. The summed E-state index contributed by atoms with van der Waals surface area (Å²) < 4.78 is 37.1. The van der Waals surface area contributed by atoms with Crippen LogP contribution in [-0.4, -0.2) is 69.2 Å². The van der Waals surface area contributed by atoms with Gasteiger partial charge < -0.3 is 19.8 Å². The Bertz CT molecular complexity index is 1410. The number of methoxy groups -OCH3 is 1. The van der Waals surface area contributed by atoms with Crippen LogP contribution in [0, 0.1) is 6.92 Å². The van der Waals surface area contributed by atoms with Gasteiger partial charge in [0, 0.05) is 25.8 Å². The normalized spacial score (nSPS) is 15.9. The van der Waals surface area contributed by atoms with Crippen LogP contribution >= 0.6 is 11.3 Å². The number of aliphatic hydroxyl groups is 2. The number of likely N-dealkylation sites (tertiary alicyclic amines) is 1. The quantitative estimate of drug-likeness (QED) is 0.454. The summed E-state index contributed by atoms with van der Waals surface area (Å²) in [6, 6.07) is 6.96. The second-order valence-electron chi connectivity index (χ2n) is 9.30. The summed E-state index contributed by atoms with van der Waals surface area (Å²) in [5.41, 5.74) is -3.05. The number of carbonyl (C=O) groups is 1. The molecule has 37 heavy (non-hydrogen) atoms. The molecule has 200 valence electrons. The van der Waals surface area contributed by atoms with Gasteiger partial charge >= 0.3 is 5.69 Å². The Balaban J connectivity index is 1.80. The lowest BCUT2D eigenvalue weighted by atomic mass is 9.92. The molecule has 0 radical (unpaired) electrons. The lowest BCUT2D eigenvalue weighted by Gasteiger charge is -2.36. The van der Waals surface area contributed by atoms with Gasteiger partial charge in [0.15, 0.2) is 0 Å². The standard InChI is InChI=1S/C25H29F2N3O6S/c1-16-18-20(32)30(14-25(26,27)17-6-4-3-5-7-17)23(34)29(12-13-36-2)22(18)37-19(16)21(33)28-10-8-24(35,15-31)9-11-28/h3-7,31,35H,8-15H2,1-2H3. The molecule has 0 spiro atoms. The Hall–Kier alpha value is -2.93. The van der Waals surface area contributed by atoms with Gasteiger partial charge in [-0.05, 0) is 25.3 Å². The Morgan fingerprint density at radius 2 is 1.81 bits per heavy atom. The van der Waals surface area contributed by atoms with Crippen molar-refractivity contribution in [1.29, 1.82) is 0 Å². The predicted molar refractivity (Wildman–Crippen MR) is 134 cm³/mol. The Kier molecular flexibility index (Phi) is 7.65. The molecule has 3 heterocycles. The van der Waals surface area contributed by atoms with E-state index in [9.17, 15) is 24.6 Å². The third kappa shape index (κ3) is 5.11. The number of hydrogen-bond donors (Lipinski definition) is 2. The molecule has 1 amide bonds. The van der Waals surface area contributed by atoms with E-state index in [4.69, 9.17) is 4.74 Å². The third-order valence-corrected chi connectivity index (χ3v) is 8.14. The monoisotopic (exact) mass is 537 g/mol. The van der Waals surface area contributed by atoms with Crippen LogP contribution in [0.15, 0.2) is 39.9 Å². The first-order valence-electron chi connectivity index (χ1n) is 11.8. The third-order valence-electron chi connectivity index (χ3n) is 6.84. The van der Waals surface area contributed by atoms with Gasteiger partial charge in [0.05, 0.1) is 42.2 Å². The second kappa shape index (κ2) is 10.4. The van der Waals surface area contributed by atoms with Crippen molar-refractivity contribution in [1.82, 2.24) is 14.0 Å². The Labute approximate surface area is 215 Å². The highest BCUT2D eigenvalue weighted by Gasteiger charge is 2.36. The zero-order valence-corrected chi connectivity index (χ0v) is 21.4. The average Bonchev–Trinajstić information content (AvgIpc) is 3.24. The SMILES string of the molecule is COCCn1c(=O)n(CC(F)(F)c2ccccc2)c(=O)c2c(C)c(C(=O)N3CCC(O)(CO)CC3)sc21. The van der Waals surface area contributed by atoms with Crippen LogP contribution in [0.1, 0.15) is 33.6 Å². The molecule has 0 bridgehead atoms. The van der Waals surface area contributed by atoms with Crippen molar-refractivity contribution < 1.29 is 28.5 Å². The molecule has 1 aliphatic rings. The molecule has 1 saturated heterocycles. The fraction of sp³-hybridized carbons (Fsp3) is 0.480. The number of piperidine rings is 1. The highest BCUT2D eigenvalue weighted by molar-refractivity contribution is 7.20. The summed E-state index contributed by atoms with van der Waals surface area (Å²) in [5, 5.41) is 19.7. The van der Waals surface area contributed by atoms with Crippen molar-refractivity contribution in [2.24, 2.45) is 0 Å². The highest BCUT2D eigenvalue weighted by atomic mass is 32.1. The average molecular weight is 538 g/mol. The van der Waals surface area contributed by atoms with Gasteiger partial charge in [0.1, 0.15) is 4.83 Å². The second-order valence-corrected chi connectivity index (χ2v) is 10.3. The molecule has 0 unspecified atom stereocenters. The molecule has 1 aromatic carbocycles. The van der Waals surface area contributed by atoms with Crippen LogP contribution in [0.3, 0.4) is 0 Å². The maximum absolute atomic E-state index is 15.1. The van der Waals surface area contributed by atoms with Crippen molar-refractivity contribution in [3.8, 4) is 0 Å². The van der Waals surface area contributed by atoms with Gasteiger partial charge in [0.2, 0.25) is 0 Å². The van der Waals surface area contributed by atoms with Crippen LogP contribution < -0.4 is 11.2 Å². The highest BCUT2D eigenvalue weighted by Crippen LogP contribution is 2.32. The minimum absolute atomic E-state index is 0.00382. The minimum Gasteiger partial charge on any atom is -0.393 e. The first-order valence-corrected chi connectivity index (χ1v) is 12.7. The van der Waals surface area contributed by atoms with Crippen LogP contribution in [0.4, 0.5) is 8.78 Å². The number of aryl methyl sites for hydroxylation is 1. The maximum Gasteiger partial charge on any atom is 0.332 e. The summed E-state index contributed by atoms with van der Waals surface area (Å²) in [7, 11) is 1.43. The maximum atomic E-state index is 15.1. The zero-order valence-electron chi connectivity index (χ0n) is 20.6. The molecule has 2 aromatic heterocycles. The van der Waals surface area contributed by atoms with Gasteiger partial charge in [-0.15, -0.1) is 11.3 Å². The number of aliphatic hydroxyl groups excluding tert-OH is 1. The molecule has 9 nitrogen and oxygen atoms in total. The van der Waals surface area contributed by atoms with Gasteiger partial charge in [0.25, 0.3) is 17.4 Å². The van der Waals surface area contributed by atoms with Crippen molar-refractivity contribution in [3.05, 3.63) is 67.2 Å². The number of thiophene rings is 1. The van der Waals surface area contributed by atoms with E-state index in [1.807, 2.05) is 0 Å². The number of alkyl halides is 2. The number of rotatable bonds is 8. The van der Waals surface area contributed by atoms with Gasteiger partial charge in [-0.1, -0.05) is 30.3 Å². The van der Waals surface area contributed by atoms with E-state index in [0.717, 1.165) is 11.3 Å². The van der Waals surface area contributed by atoms with Gasteiger partial charge in [-0.25, -0.2) is 4.79 Å². The zero-order chi connectivity index (χ0) is 27.0. The first-order chi connectivity index (χ1) is 17.5. The van der Waals surface area contributed by atoms with Crippen LogP contribution in [0.2, 0.25) is 0 Å². The largest absolute Gasteiger partial charge is 0.393 e. The van der Waals surface area contributed by atoms with E-state index in [1.54, 1.807) is 13.0 Å². The summed E-state index contributed by atoms with van der Waals surface area (Å²) in [4.78, 5) is 42.1. The first kappa shape index (κ1) is 27.1. The number of fused-ring (bicyclic) bond motifs is 1. The fourth-order valence-corrected chi connectivity index (χ4v) is 5.80. The lowest BCUT2D eigenvalue weighted by molar-refractivity contribution is -0.0545. The number of nitrogens with zero attached hydrogens (tertiary/aromatic N) is 3. The molecule has 0 saturated carbocycles. The molecule has 4 rings (SSSR count). The number of halogens is 2. The molecular formula is C25H29F2N3O6S. The van der Waals surface area contributed by atoms with Crippen molar-refractivity contribution in [3.63, 3.8) is 0 Å². The summed E-state index contributed by atoms with van der Waals surface area (Å²) in [5.74, 6) is -3.87. The number of aromatic nitrogens is 2. The van der Waals surface area contributed by atoms with Crippen LogP contribution in [0.5, 0.6) is 0 Å². The molecule has 2 N–H and O–H groups in total. The smallest absolute Gasteiger partial charge is 0.332 e. The molecule has 12 heteroatoms. The number of benzene rings is 1. The van der Waals surface area contributed by atoms with Crippen LogP contribution in [-0.2, 0) is 23.7 Å². The van der Waals surface area contributed by atoms with Crippen molar-refractivity contribution in [2.75, 3.05) is 33.4 Å². The predicted octanol–water partition coefficient (Wildman–Crippen LogP) is 1.93. The number of ether oxygens (including phenoxy) is 1. The van der Waals surface area contributed by atoms with E-state index < -0.39 is 35.9 Å². The van der Waals surface area contributed by atoms with Crippen molar-refractivity contribution >= 4 is 27.5 Å². The number of carbonyl (C=O) groups excluding carboxylic acids is 1. The van der Waals surface area contributed by atoms with E-state index in [0.29, 0.717) is 10.1 Å².